The van der Waals surface area contributed by atoms with E-state index in [4.69, 9.17) is 9.47 Å². The lowest BCUT2D eigenvalue weighted by Gasteiger charge is -2.12. The Balaban J connectivity index is 1.41. The highest BCUT2D eigenvalue weighted by atomic mass is 16.6. The van der Waals surface area contributed by atoms with Crippen molar-refractivity contribution in [3.63, 3.8) is 0 Å². The Morgan fingerprint density at radius 2 is 1.83 bits per heavy atom. The summed E-state index contributed by atoms with van der Waals surface area (Å²) in [6.45, 7) is 2.85. The molecule has 2 heterocycles. The number of hydrogen-bond donors (Lipinski definition) is 0. The maximum absolute atomic E-state index is 11.2. The van der Waals surface area contributed by atoms with Crippen molar-refractivity contribution in [2.24, 2.45) is 0 Å². The molecule has 0 aromatic rings. The van der Waals surface area contributed by atoms with Gasteiger partial charge in [-0.25, -0.2) is 0 Å². The minimum absolute atomic E-state index is 0.187. The highest BCUT2D eigenvalue weighted by Gasteiger charge is 2.22. The second-order valence-corrected chi connectivity index (χ2v) is 4.61. The van der Waals surface area contributed by atoms with Crippen molar-refractivity contribution in [1.82, 2.24) is 4.90 Å². The standard InChI is InChI=1S/C13H19NO4/c15-12-5-6-13(16)14(12)7-3-1-2-4-8-17-9-11-10-18-11/h5-6,11H,1-4,7-10H2. The van der Waals surface area contributed by atoms with Crippen molar-refractivity contribution in [3.8, 4) is 0 Å². The molecule has 1 unspecified atom stereocenters. The van der Waals surface area contributed by atoms with E-state index < -0.39 is 0 Å². The average Bonchev–Trinajstić information content (AvgIpc) is 3.12. The van der Waals surface area contributed by atoms with Crippen LogP contribution in [0.1, 0.15) is 25.7 Å². The van der Waals surface area contributed by atoms with Crippen molar-refractivity contribution < 1.29 is 19.1 Å². The number of ether oxygens (including phenoxy) is 2. The molecule has 2 aliphatic heterocycles. The van der Waals surface area contributed by atoms with E-state index in [1.807, 2.05) is 0 Å². The molecule has 0 spiro atoms. The largest absolute Gasteiger partial charge is 0.379 e. The predicted octanol–water partition coefficient (Wildman–Crippen LogP) is 0.887. The summed E-state index contributed by atoms with van der Waals surface area (Å²) in [5, 5.41) is 0. The van der Waals surface area contributed by atoms with Gasteiger partial charge in [0.15, 0.2) is 0 Å². The van der Waals surface area contributed by atoms with Gasteiger partial charge in [0, 0.05) is 25.3 Å². The van der Waals surface area contributed by atoms with Gasteiger partial charge in [0.05, 0.1) is 13.2 Å². The fraction of sp³-hybridized carbons (Fsp3) is 0.692. The molecule has 1 saturated heterocycles. The minimum Gasteiger partial charge on any atom is -0.379 e. The van der Waals surface area contributed by atoms with Crippen LogP contribution >= 0.6 is 0 Å². The third-order valence-electron chi connectivity index (χ3n) is 3.03. The van der Waals surface area contributed by atoms with Crippen LogP contribution in [-0.4, -0.2) is 49.2 Å². The zero-order valence-electron chi connectivity index (χ0n) is 10.5. The van der Waals surface area contributed by atoms with Gasteiger partial charge in [-0.1, -0.05) is 12.8 Å². The first kappa shape index (κ1) is 13.2. The quantitative estimate of drug-likeness (QED) is 0.348. The molecule has 0 bridgehead atoms. The van der Waals surface area contributed by atoms with Crippen molar-refractivity contribution in [1.29, 1.82) is 0 Å². The second-order valence-electron chi connectivity index (χ2n) is 4.61. The second kappa shape index (κ2) is 6.66. The fourth-order valence-electron chi connectivity index (χ4n) is 1.86. The van der Waals surface area contributed by atoms with Crippen LogP contribution < -0.4 is 0 Å². The van der Waals surface area contributed by atoms with Crippen LogP contribution in [0.2, 0.25) is 0 Å². The monoisotopic (exact) mass is 253 g/mol. The molecule has 0 aromatic carbocycles. The number of hydrogen-bond acceptors (Lipinski definition) is 4. The number of amides is 2. The maximum atomic E-state index is 11.2. The predicted molar refractivity (Wildman–Crippen MR) is 64.9 cm³/mol. The normalized spacial score (nSPS) is 22.0. The summed E-state index contributed by atoms with van der Waals surface area (Å²) in [7, 11) is 0. The minimum atomic E-state index is -0.187. The van der Waals surface area contributed by atoms with E-state index in [2.05, 4.69) is 0 Å². The van der Waals surface area contributed by atoms with Crippen LogP contribution in [0.4, 0.5) is 0 Å². The SMILES string of the molecule is O=C1C=CC(=O)N1CCCCCCOCC1CO1. The van der Waals surface area contributed by atoms with E-state index in [1.165, 1.54) is 17.1 Å². The van der Waals surface area contributed by atoms with Gasteiger partial charge in [0.1, 0.15) is 6.10 Å². The molecule has 1 fully saturated rings. The Bertz CT molecular complexity index is 318. The molecule has 2 aliphatic rings. The van der Waals surface area contributed by atoms with Gasteiger partial charge < -0.3 is 9.47 Å². The Morgan fingerprint density at radius 1 is 1.17 bits per heavy atom. The topological polar surface area (TPSA) is 59.1 Å². The molecule has 0 radical (unpaired) electrons. The van der Waals surface area contributed by atoms with Gasteiger partial charge in [0.2, 0.25) is 0 Å². The smallest absolute Gasteiger partial charge is 0.253 e. The first-order valence-electron chi connectivity index (χ1n) is 6.50. The Morgan fingerprint density at radius 3 is 2.50 bits per heavy atom. The summed E-state index contributed by atoms with van der Waals surface area (Å²) in [5.41, 5.74) is 0. The Kier molecular flexibility index (Phi) is 4.90. The van der Waals surface area contributed by atoms with E-state index >= 15 is 0 Å². The van der Waals surface area contributed by atoms with Crippen LogP contribution in [0.15, 0.2) is 12.2 Å². The molecule has 2 rings (SSSR count). The van der Waals surface area contributed by atoms with E-state index in [0.717, 1.165) is 38.9 Å². The summed E-state index contributed by atoms with van der Waals surface area (Å²) in [4.78, 5) is 23.8. The van der Waals surface area contributed by atoms with Gasteiger partial charge in [-0.2, -0.15) is 0 Å². The molecule has 1 atom stereocenters. The Hall–Kier alpha value is -1.20. The van der Waals surface area contributed by atoms with Gasteiger partial charge in [-0.15, -0.1) is 0 Å². The summed E-state index contributed by atoms with van der Waals surface area (Å²) in [6, 6.07) is 0. The van der Waals surface area contributed by atoms with Crippen LogP contribution in [0.3, 0.4) is 0 Å². The zero-order chi connectivity index (χ0) is 12.8. The van der Waals surface area contributed by atoms with Crippen LogP contribution in [0.5, 0.6) is 0 Å². The van der Waals surface area contributed by atoms with Crippen LogP contribution in [-0.2, 0) is 19.1 Å². The molecular formula is C13H19NO4. The molecule has 0 N–H and O–H groups in total. The highest BCUT2D eigenvalue weighted by molar-refractivity contribution is 6.12. The summed E-state index contributed by atoms with van der Waals surface area (Å²) in [5.74, 6) is -0.375. The molecule has 0 saturated carbocycles. The van der Waals surface area contributed by atoms with Gasteiger partial charge >= 0.3 is 0 Å². The number of nitrogens with zero attached hydrogens (tertiary/aromatic N) is 1. The molecule has 5 heteroatoms. The van der Waals surface area contributed by atoms with Crippen molar-refractivity contribution in [3.05, 3.63) is 12.2 Å². The van der Waals surface area contributed by atoms with E-state index in [1.54, 1.807) is 0 Å². The summed E-state index contributed by atoms with van der Waals surface area (Å²) >= 11 is 0. The number of carbonyl (C=O) groups excluding carboxylic acids is 2. The molecule has 100 valence electrons. The van der Waals surface area contributed by atoms with Crippen LogP contribution in [0, 0.1) is 0 Å². The van der Waals surface area contributed by atoms with E-state index in [0.29, 0.717) is 19.3 Å². The summed E-state index contributed by atoms with van der Waals surface area (Å²) < 4.78 is 10.4. The summed E-state index contributed by atoms with van der Waals surface area (Å²) in [6.07, 6.45) is 6.96. The van der Waals surface area contributed by atoms with E-state index in [9.17, 15) is 9.59 Å². The van der Waals surface area contributed by atoms with Gasteiger partial charge in [-0.3, -0.25) is 14.5 Å². The third kappa shape index (κ3) is 4.23. The Labute approximate surface area is 107 Å². The third-order valence-corrected chi connectivity index (χ3v) is 3.03. The van der Waals surface area contributed by atoms with E-state index in [-0.39, 0.29) is 11.8 Å². The first-order valence-corrected chi connectivity index (χ1v) is 6.50. The lowest BCUT2D eigenvalue weighted by atomic mass is 10.2. The van der Waals surface area contributed by atoms with Crippen molar-refractivity contribution >= 4 is 11.8 Å². The number of carbonyl (C=O) groups is 2. The fourth-order valence-corrected chi connectivity index (χ4v) is 1.86. The zero-order valence-corrected chi connectivity index (χ0v) is 10.5. The average molecular weight is 253 g/mol. The lowest BCUT2D eigenvalue weighted by molar-refractivity contribution is -0.136. The molecular weight excluding hydrogens is 234 g/mol. The maximum Gasteiger partial charge on any atom is 0.253 e. The van der Waals surface area contributed by atoms with Crippen molar-refractivity contribution in [2.45, 2.75) is 31.8 Å². The van der Waals surface area contributed by atoms with Crippen LogP contribution in [0.25, 0.3) is 0 Å². The van der Waals surface area contributed by atoms with Gasteiger partial charge in [0.25, 0.3) is 11.8 Å². The molecule has 0 aliphatic carbocycles. The number of rotatable bonds is 9. The number of imide groups is 1. The molecule has 2 amide bonds. The lowest BCUT2D eigenvalue weighted by Crippen LogP contribution is -2.30. The first-order chi connectivity index (χ1) is 8.77. The number of unbranched alkanes of at least 4 members (excludes halogenated alkanes) is 3. The molecule has 18 heavy (non-hydrogen) atoms. The number of epoxide rings is 1. The molecule has 0 aromatic heterocycles. The molecule has 5 nitrogen and oxygen atoms in total. The van der Waals surface area contributed by atoms with Crippen molar-refractivity contribution in [2.75, 3.05) is 26.4 Å². The highest BCUT2D eigenvalue weighted by Crippen LogP contribution is 2.10. The van der Waals surface area contributed by atoms with Gasteiger partial charge in [-0.05, 0) is 12.8 Å².